The zero-order valence-electron chi connectivity index (χ0n) is 13.9. The highest BCUT2D eigenvalue weighted by Gasteiger charge is 2.27. The van der Waals surface area contributed by atoms with Gasteiger partial charge >= 0.3 is 0 Å². The molecular weight excluding hydrogens is 320 g/mol. The zero-order valence-corrected chi connectivity index (χ0v) is 14.7. The molecule has 0 amide bonds. The van der Waals surface area contributed by atoms with Gasteiger partial charge in [0, 0.05) is 50.5 Å². The molecule has 0 radical (unpaired) electrons. The van der Waals surface area contributed by atoms with E-state index in [0.29, 0.717) is 0 Å². The molecule has 0 unspecified atom stereocenters. The van der Waals surface area contributed by atoms with Gasteiger partial charge in [0.1, 0.15) is 5.84 Å². The number of aliphatic hydroxyl groups is 1. The largest absolute Gasteiger partial charge is 0.395 e. The number of thiophene rings is 1. The van der Waals surface area contributed by atoms with E-state index in [2.05, 4.69) is 50.7 Å². The average molecular weight is 342 g/mol. The number of β-amino-alcohol motifs (C(OH)–C–C–N with tert-alkyl or cyclic N) is 1. The molecule has 1 saturated heterocycles. The second kappa shape index (κ2) is 6.55. The quantitative estimate of drug-likeness (QED) is 0.911. The molecule has 24 heavy (non-hydrogen) atoms. The number of amidine groups is 1. The highest BCUT2D eigenvalue weighted by Crippen LogP contribution is 2.40. The van der Waals surface area contributed by atoms with Crippen LogP contribution in [0.1, 0.15) is 5.56 Å². The lowest BCUT2D eigenvalue weighted by Gasteiger charge is -2.36. The minimum absolute atomic E-state index is 0.230. The first-order chi connectivity index (χ1) is 11.8. The molecule has 1 fully saturated rings. The average Bonchev–Trinajstić information content (AvgIpc) is 3.06. The van der Waals surface area contributed by atoms with E-state index < -0.39 is 0 Å². The summed E-state index contributed by atoms with van der Waals surface area (Å²) in [6, 6.07) is 8.33. The molecule has 0 spiro atoms. The Hall–Kier alpha value is -1.89. The standard InChI is InChI=1S/C18H22N4OS/c1-20-16-5-3-2-4-15(16)19-18(14-12-24-13-17(14)20)22-8-6-21(7-9-22)10-11-23/h2-5,12-13,23H,6-11H2,1H3. The normalized spacial score (nSPS) is 18.0. The Bertz CT molecular complexity index is 749. The van der Waals surface area contributed by atoms with Crippen molar-refractivity contribution >= 4 is 34.2 Å². The third-order valence-electron chi connectivity index (χ3n) is 4.80. The van der Waals surface area contributed by atoms with Crippen LogP contribution in [0.25, 0.3) is 0 Å². The van der Waals surface area contributed by atoms with E-state index in [1.165, 1.54) is 11.3 Å². The molecule has 2 aliphatic rings. The first-order valence-electron chi connectivity index (χ1n) is 8.34. The lowest BCUT2D eigenvalue weighted by atomic mass is 10.2. The summed E-state index contributed by atoms with van der Waals surface area (Å²) < 4.78 is 0. The Labute approximate surface area is 146 Å². The fourth-order valence-corrected chi connectivity index (χ4v) is 4.27. The first-order valence-corrected chi connectivity index (χ1v) is 9.28. The predicted molar refractivity (Wildman–Crippen MR) is 100 cm³/mol. The molecule has 0 bridgehead atoms. The van der Waals surface area contributed by atoms with Crippen molar-refractivity contribution in [3.05, 3.63) is 40.6 Å². The van der Waals surface area contributed by atoms with Crippen molar-refractivity contribution in [3.8, 4) is 0 Å². The van der Waals surface area contributed by atoms with Crippen LogP contribution < -0.4 is 4.90 Å². The van der Waals surface area contributed by atoms with Crippen LogP contribution in [-0.4, -0.2) is 67.1 Å². The number of hydrogen-bond acceptors (Lipinski definition) is 6. The monoisotopic (exact) mass is 342 g/mol. The molecule has 2 aliphatic heterocycles. The number of rotatable bonds is 2. The Morgan fingerprint density at radius 3 is 2.67 bits per heavy atom. The summed E-state index contributed by atoms with van der Waals surface area (Å²) in [5.41, 5.74) is 4.61. The Balaban J connectivity index is 1.70. The molecule has 0 saturated carbocycles. The van der Waals surface area contributed by atoms with E-state index in [1.807, 2.05) is 6.07 Å². The van der Waals surface area contributed by atoms with Crippen LogP contribution in [0, 0.1) is 0 Å². The van der Waals surface area contributed by atoms with Gasteiger partial charge in [-0.15, -0.1) is 11.3 Å². The van der Waals surface area contributed by atoms with Crippen LogP contribution >= 0.6 is 11.3 Å². The summed E-state index contributed by atoms with van der Waals surface area (Å²) in [7, 11) is 2.11. The summed E-state index contributed by atoms with van der Waals surface area (Å²) in [6.45, 7) is 4.82. The summed E-state index contributed by atoms with van der Waals surface area (Å²) >= 11 is 1.73. The van der Waals surface area contributed by atoms with Gasteiger partial charge in [0.15, 0.2) is 0 Å². The van der Waals surface area contributed by atoms with Gasteiger partial charge < -0.3 is 14.9 Å². The van der Waals surface area contributed by atoms with Gasteiger partial charge in [0.2, 0.25) is 0 Å². The molecule has 5 nitrogen and oxygen atoms in total. The van der Waals surface area contributed by atoms with E-state index in [4.69, 9.17) is 10.1 Å². The lowest BCUT2D eigenvalue weighted by Crippen LogP contribution is -2.49. The van der Waals surface area contributed by atoms with Crippen LogP contribution in [0.3, 0.4) is 0 Å². The molecule has 0 aliphatic carbocycles. The Morgan fingerprint density at radius 2 is 1.88 bits per heavy atom. The van der Waals surface area contributed by atoms with Gasteiger partial charge in [0.05, 0.1) is 29.2 Å². The minimum atomic E-state index is 0.230. The van der Waals surface area contributed by atoms with Crippen LogP contribution in [0.4, 0.5) is 17.1 Å². The number of hydrogen-bond donors (Lipinski definition) is 1. The zero-order chi connectivity index (χ0) is 16.5. The van der Waals surface area contributed by atoms with Crippen LogP contribution in [-0.2, 0) is 0 Å². The van der Waals surface area contributed by atoms with Crippen LogP contribution in [0.15, 0.2) is 40.0 Å². The molecule has 6 heteroatoms. The maximum atomic E-state index is 9.13. The lowest BCUT2D eigenvalue weighted by molar-refractivity contribution is 0.147. The molecule has 3 heterocycles. The highest BCUT2D eigenvalue weighted by molar-refractivity contribution is 7.08. The van der Waals surface area contributed by atoms with Crippen molar-refractivity contribution in [2.45, 2.75) is 0 Å². The molecular formula is C18H22N4OS. The summed E-state index contributed by atoms with van der Waals surface area (Å²) in [5, 5.41) is 13.5. The van der Waals surface area contributed by atoms with E-state index in [0.717, 1.165) is 49.9 Å². The second-order valence-electron chi connectivity index (χ2n) is 6.21. The number of nitrogens with zero attached hydrogens (tertiary/aromatic N) is 4. The molecule has 1 aromatic heterocycles. The number of para-hydroxylation sites is 2. The summed E-state index contributed by atoms with van der Waals surface area (Å²) in [5.74, 6) is 1.08. The SMILES string of the molecule is CN1c2ccccc2N=C(N2CCN(CCO)CC2)c2cscc21. The molecule has 1 N–H and O–H groups in total. The highest BCUT2D eigenvalue weighted by atomic mass is 32.1. The topological polar surface area (TPSA) is 42.3 Å². The van der Waals surface area contributed by atoms with Crippen molar-refractivity contribution in [2.75, 3.05) is 51.3 Å². The minimum Gasteiger partial charge on any atom is -0.395 e. The predicted octanol–water partition coefficient (Wildman–Crippen LogP) is 2.52. The molecule has 1 aromatic carbocycles. The smallest absolute Gasteiger partial charge is 0.139 e. The number of piperazine rings is 1. The van der Waals surface area contributed by atoms with Crippen molar-refractivity contribution < 1.29 is 5.11 Å². The van der Waals surface area contributed by atoms with Gasteiger partial charge in [-0.1, -0.05) is 12.1 Å². The number of aliphatic hydroxyl groups excluding tert-OH is 1. The van der Waals surface area contributed by atoms with E-state index in [9.17, 15) is 0 Å². The van der Waals surface area contributed by atoms with Gasteiger partial charge in [-0.2, -0.15) is 0 Å². The van der Waals surface area contributed by atoms with E-state index >= 15 is 0 Å². The maximum Gasteiger partial charge on any atom is 0.139 e. The molecule has 2 aromatic rings. The number of fused-ring (bicyclic) bond motifs is 2. The van der Waals surface area contributed by atoms with E-state index in [1.54, 1.807) is 11.3 Å². The summed E-state index contributed by atoms with van der Waals surface area (Å²) in [4.78, 5) is 12.0. The summed E-state index contributed by atoms with van der Waals surface area (Å²) in [6.07, 6.45) is 0. The third kappa shape index (κ3) is 2.70. The maximum absolute atomic E-state index is 9.13. The third-order valence-corrected chi connectivity index (χ3v) is 5.53. The Kier molecular flexibility index (Phi) is 4.26. The van der Waals surface area contributed by atoms with Gasteiger partial charge in [0.25, 0.3) is 0 Å². The van der Waals surface area contributed by atoms with Crippen molar-refractivity contribution in [1.29, 1.82) is 0 Å². The number of anilines is 2. The molecule has 0 atom stereocenters. The van der Waals surface area contributed by atoms with Crippen molar-refractivity contribution in [1.82, 2.24) is 9.80 Å². The van der Waals surface area contributed by atoms with Gasteiger partial charge in [-0.25, -0.2) is 4.99 Å². The molecule has 4 rings (SSSR count). The van der Waals surface area contributed by atoms with Gasteiger partial charge in [-0.3, -0.25) is 4.90 Å². The Morgan fingerprint density at radius 1 is 1.08 bits per heavy atom. The first kappa shape index (κ1) is 15.6. The fraction of sp³-hybridized carbons (Fsp3) is 0.389. The van der Waals surface area contributed by atoms with E-state index in [-0.39, 0.29) is 6.61 Å². The van der Waals surface area contributed by atoms with Crippen molar-refractivity contribution in [3.63, 3.8) is 0 Å². The second-order valence-corrected chi connectivity index (χ2v) is 6.95. The van der Waals surface area contributed by atoms with Crippen molar-refractivity contribution in [2.24, 2.45) is 4.99 Å². The fourth-order valence-electron chi connectivity index (χ4n) is 3.43. The van der Waals surface area contributed by atoms with Crippen LogP contribution in [0.2, 0.25) is 0 Å². The number of benzene rings is 1. The number of aliphatic imine (C=N–C) groups is 1. The van der Waals surface area contributed by atoms with Crippen LogP contribution in [0.5, 0.6) is 0 Å². The van der Waals surface area contributed by atoms with Gasteiger partial charge in [-0.05, 0) is 12.1 Å². The molecule has 126 valence electrons.